The molecule has 10 aromatic rings. The van der Waals surface area contributed by atoms with Gasteiger partial charge in [-0.15, -0.1) is 0 Å². The Morgan fingerprint density at radius 3 is 1.48 bits per heavy atom. The van der Waals surface area contributed by atoms with Crippen LogP contribution >= 0.6 is 0 Å². The molecule has 234 valence electrons. The Kier molecular flexibility index (Phi) is 6.49. The summed E-state index contributed by atoms with van der Waals surface area (Å²) in [7, 11) is 0. The summed E-state index contributed by atoms with van der Waals surface area (Å²) < 4.78 is 4.87. The average molecular weight is 638 g/mol. The van der Waals surface area contributed by atoms with Gasteiger partial charge >= 0.3 is 0 Å². The minimum atomic E-state index is 1.13. The molecule has 3 heterocycles. The lowest BCUT2D eigenvalue weighted by molar-refractivity contribution is 1.17. The van der Waals surface area contributed by atoms with Gasteiger partial charge in [0.2, 0.25) is 0 Å². The highest BCUT2D eigenvalue weighted by atomic mass is 15.0. The summed E-state index contributed by atoms with van der Waals surface area (Å²) in [6.45, 7) is 0. The summed E-state index contributed by atoms with van der Waals surface area (Å²) in [4.78, 5) is 4.50. The highest BCUT2D eigenvalue weighted by Crippen LogP contribution is 2.43. The maximum atomic E-state index is 4.50. The van der Waals surface area contributed by atoms with E-state index in [2.05, 4.69) is 190 Å². The van der Waals surface area contributed by atoms with Gasteiger partial charge in [-0.05, 0) is 53.1 Å². The first kappa shape index (κ1) is 28.3. The molecule has 50 heavy (non-hydrogen) atoms. The molecule has 0 amide bonds. The van der Waals surface area contributed by atoms with Gasteiger partial charge < -0.3 is 9.13 Å². The molecule has 3 aromatic heterocycles. The van der Waals surface area contributed by atoms with Crippen molar-refractivity contribution in [1.29, 1.82) is 0 Å². The Hall–Kier alpha value is -6.71. The molecule has 0 unspecified atom stereocenters. The molecular weight excluding hydrogens is 607 g/mol. The third-order valence-electron chi connectivity index (χ3n) is 10.0. The largest absolute Gasteiger partial charge is 0.309 e. The molecule has 0 aliphatic carbocycles. The van der Waals surface area contributed by atoms with Gasteiger partial charge in [0, 0.05) is 50.6 Å². The van der Waals surface area contributed by atoms with E-state index < -0.39 is 0 Å². The predicted octanol–water partition coefficient (Wildman–Crippen LogP) is 12.3. The quantitative estimate of drug-likeness (QED) is 0.184. The van der Waals surface area contributed by atoms with Crippen molar-refractivity contribution >= 4 is 43.6 Å². The first-order valence-corrected chi connectivity index (χ1v) is 17.1. The van der Waals surface area contributed by atoms with Crippen molar-refractivity contribution in [1.82, 2.24) is 14.1 Å². The molecule has 3 heteroatoms. The third kappa shape index (κ3) is 4.34. The molecule has 0 atom stereocenters. The molecular formula is C47H31N3. The number of fused-ring (bicyclic) bond motifs is 6. The van der Waals surface area contributed by atoms with E-state index in [1.807, 2.05) is 12.4 Å². The maximum absolute atomic E-state index is 4.50. The maximum Gasteiger partial charge on any atom is 0.0618 e. The Labute approximate surface area is 290 Å². The first-order valence-electron chi connectivity index (χ1n) is 17.1. The molecule has 0 N–H and O–H groups in total. The van der Waals surface area contributed by atoms with E-state index in [1.165, 1.54) is 60.7 Å². The summed E-state index contributed by atoms with van der Waals surface area (Å²) in [6, 6.07) is 63.5. The number of aromatic nitrogens is 3. The summed E-state index contributed by atoms with van der Waals surface area (Å²) in [5, 5.41) is 4.84. The Morgan fingerprint density at radius 1 is 0.340 bits per heavy atom. The standard InChI is InChI=1S/C47H31N3/c1-3-14-32(15-4-1)35-21-13-22-36(47(35)50-43-24-11-7-18-37(43)38-19-8-12-25-44(38)50)34-26-27-45(40(30-34)33-16-5-2-6-17-33)49-42-23-10-9-20-39(42)41-31-48-29-28-46(41)49/h1-31H. The normalized spacial score (nSPS) is 11.6. The van der Waals surface area contributed by atoms with Crippen LogP contribution in [0.4, 0.5) is 0 Å². The fraction of sp³-hybridized carbons (Fsp3) is 0. The van der Waals surface area contributed by atoms with Gasteiger partial charge in [-0.2, -0.15) is 0 Å². The van der Waals surface area contributed by atoms with Crippen LogP contribution in [0.2, 0.25) is 0 Å². The van der Waals surface area contributed by atoms with E-state index in [9.17, 15) is 0 Å². The van der Waals surface area contributed by atoms with Crippen LogP contribution in [0.1, 0.15) is 0 Å². The minimum absolute atomic E-state index is 1.13. The Bertz CT molecular complexity index is 2750. The molecule has 0 aliphatic rings. The van der Waals surface area contributed by atoms with Crippen molar-refractivity contribution in [3.63, 3.8) is 0 Å². The van der Waals surface area contributed by atoms with E-state index in [0.717, 1.165) is 27.7 Å². The van der Waals surface area contributed by atoms with Crippen LogP contribution in [0.5, 0.6) is 0 Å². The molecule has 0 fully saturated rings. The number of benzene rings is 7. The third-order valence-corrected chi connectivity index (χ3v) is 10.0. The minimum Gasteiger partial charge on any atom is -0.309 e. The van der Waals surface area contributed by atoms with Crippen LogP contribution in [0, 0.1) is 0 Å². The van der Waals surface area contributed by atoms with Crippen molar-refractivity contribution < 1.29 is 0 Å². The van der Waals surface area contributed by atoms with E-state index >= 15 is 0 Å². The number of hydrogen-bond acceptors (Lipinski definition) is 1. The Morgan fingerprint density at radius 2 is 0.840 bits per heavy atom. The smallest absolute Gasteiger partial charge is 0.0618 e. The lowest BCUT2D eigenvalue weighted by Crippen LogP contribution is -2.02. The van der Waals surface area contributed by atoms with Crippen molar-refractivity contribution in [2.45, 2.75) is 0 Å². The lowest BCUT2D eigenvalue weighted by Gasteiger charge is -2.21. The highest BCUT2D eigenvalue weighted by molar-refractivity contribution is 6.11. The number of rotatable bonds is 5. The number of para-hydroxylation sites is 4. The van der Waals surface area contributed by atoms with Gasteiger partial charge in [0.15, 0.2) is 0 Å². The molecule has 0 aliphatic heterocycles. The molecule has 0 spiro atoms. The van der Waals surface area contributed by atoms with Gasteiger partial charge in [0.05, 0.1) is 33.4 Å². The topological polar surface area (TPSA) is 22.8 Å². The highest BCUT2D eigenvalue weighted by Gasteiger charge is 2.21. The predicted molar refractivity (Wildman–Crippen MR) is 209 cm³/mol. The summed E-state index contributed by atoms with van der Waals surface area (Å²) in [5.41, 5.74) is 14.0. The second-order valence-corrected chi connectivity index (χ2v) is 12.8. The second-order valence-electron chi connectivity index (χ2n) is 12.8. The van der Waals surface area contributed by atoms with Crippen LogP contribution in [0.3, 0.4) is 0 Å². The monoisotopic (exact) mass is 637 g/mol. The summed E-state index contributed by atoms with van der Waals surface area (Å²) >= 11 is 0. The molecule has 3 nitrogen and oxygen atoms in total. The molecule has 0 saturated heterocycles. The van der Waals surface area contributed by atoms with Crippen molar-refractivity contribution in [3.8, 4) is 44.8 Å². The Balaban J connectivity index is 1.30. The fourth-order valence-electron chi connectivity index (χ4n) is 7.85. The average Bonchev–Trinajstić information content (AvgIpc) is 3.71. The number of hydrogen-bond donors (Lipinski definition) is 0. The van der Waals surface area contributed by atoms with Crippen molar-refractivity contribution in [2.24, 2.45) is 0 Å². The van der Waals surface area contributed by atoms with E-state index in [1.54, 1.807) is 0 Å². The summed E-state index contributed by atoms with van der Waals surface area (Å²) in [6.07, 6.45) is 3.87. The van der Waals surface area contributed by atoms with Crippen LogP contribution in [-0.2, 0) is 0 Å². The SMILES string of the molecule is c1ccc(-c2cc(-c3cccc(-c4ccccc4)c3-n3c4ccccc4c4ccccc43)ccc2-n2c3ccccc3c3cnccc32)cc1. The van der Waals surface area contributed by atoms with Crippen LogP contribution in [-0.4, -0.2) is 14.1 Å². The zero-order valence-corrected chi connectivity index (χ0v) is 27.2. The number of pyridine rings is 1. The van der Waals surface area contributed by atoms with Crippen molar-refractivity contribution in [3.05, 3.63) is 188 Å². The van der Waals surface area contributed by atoms with Gasteiger partial charge in [-0.1, -0.05) is 140 Å². The lowest BCUT2D eigenvalue weighted by atomic mass is 9.92. The molecule has 7 aromatic carbocycles. The molecule has 0 bridgehead atoms. The summed E-state index contributed by atoms with van der Waals surface area (Å²) in [5.74, 6) is 0. The fourth-order valence-corrected chi connectivity index (χ4v) is 7.85. The van der Waals surface area contributed by atoms with Crippen LogP contribution in [0.25, 0.3) is 88.4 Å². The van der Waals surface area contributed by atoms with E-state index in [0.29, 0.717) is 0 Å². The van der Waals surface area contributed by atoms with E-state index in [4.69, 9.17) is 0 Å². The molecule has 0 radical (unpaired) electrons. The van der Waals surface area contributed by atoms with Gasteiger partial charge in [0.1, 0.15) is 0 Å². The second kappa shape index (κ2) is 11.5. The van der Waals surface area contributed by atoms with Gasteiger partial charge in [-0.3, -0.25) is 4.98 Å². The zero-order chi connectivity index (χ0) is 33.0. The van der Waals surface area contributed by atoms with Gasteiger partial charge in [-0.25, -0.2) is 0 Å². The first-order chi connectivity index (χ1) is 24.8. The van der Waals surface area contributed by atoms with Crippen molar-refractivity contribution in [2.75, 3.05) is 0 Å². The van der Waals surface area contributed by atoms with Gasteiger partial charge in [0.25, 0.3) is 0 Å². The molecule has 0 saturated carbocycles. The molecule has 10 rings (SSSR count). The number of nitrogens with zero attached hydrogens (tertiary/aromatic N) is 3. The van der Waals surface area contributed by atoms with E-state index in [-0.39, 0.29) is 0 Å². The van der Waals surface area contributed by atoms with Crippen LogP contribution in [0.15, 0.2) is 188 Å². The van der Waals surface area contributed by atoms with Crippen LogP contribution < -0.4 is 0 Å². The zero-order valence-electron chi connectivity index (χ0n) is 27.2.